The molecular formula is C7H15NO3. The Balaban J connectivity index is 3.36. The Labute approximate surface area is 66.3 Å². The van der Waals surface area contributed by atoms with Crippen LogP contribution in [0.4, 0.5) is 0 Å². The number of esters is 1. The van der Waals surface area contributed by atoms with Gasteiger partial charge < -0.3 is 15.6 Å². The molecule has 11 heavy (non-hydrogen) atoms. The molecule has 0 aliphatic rings. The summed E-state index contributed by atoms with van der Waals surface area (Å²) in [7, 11) is 0. The number of hydrogen-bond acceptors (Lipinski definition) is 4. The van der Waals surface area contributed by atoms with E-state index in [9.17, 15) is 4.79 Å². The van der Waals surface area contributed by atoms with Crippen molar-refractivity contribution in [1.29, 1.82) is 0 Å². The molecule has 4 heteroatoms. The van der Waals surface area contributed by atoms with Gasteiger partial charge in [0.05, 0.1) is 6.61 Å². The molecular weight excluding hydrogens is 146 g/mol. The maximum atomic E-state index is 10.7. The van der Waals surface area contributed by atoms with Crippen LogP contribution in [0.5, 0.6) is 0 Å². The summed E-state index contributed by atoms with van der Waals surface area (Å²) < 4.78 is 4.67. The highest BCUT2D eigenvalue weighted by Crippen LogP contribution is 1.91. The summed E-state index contributed by atoms with van der Waals surface area (Å²) in [5.74, 6) is -0.624. The van der Waals surface area contributed by atoms with E-state index < -0.39 is 12.1 Å². The lowest BCUT2D eigenvalue weighted by atomic mass is 10.3. The molecule has 0 saturated carbocycles. The number of carbonyl (C=O) groups excluding carboxylic acids is 1. The molecule has 1 atom stereocenters. The first-order chi connectivity index (χ1) is 5.22. The lowest BCUT2D eigenvalue weighted by Gasteiger charge is -2.06. The van der Waals surface area contributed by atoms with Gasteiger partial charge in [0.25, 0.3) is 0 Å². The fourth-order valence-corrected chi connectivity index (χ4v) is 0.510. The molecule has 66 valence electrons. The number of hydrogen-bond donors (Lipinski definition) is 2. The smallest absolute Gasteiger partial charge is 0.336 e. The van der Waals surface area contributed by atoms with E-state index in [1.165, 1.54) is 0 Å². The van der Waals surface area contributed by atoms with Crippen LogP contribution in [0.15, 0.2) is 0 Å². The van der Waals surface area contributed by atoms with Gasteiger partial charge in [-0.25, -0.2) is 4.79 Å². The van der Waals surface area contributed by atoms with Crippen LogP contribution in [0.1, 0.15) is 19.8 Å². The Kier molecular flexibility index (Phi) is 5.78. The van der Waals surface area contributed by atoms with Crippen LogP contribution in [0.3, 0.4) is 0 Å². The molecule has 0 saturated heterocycles. The fraction of sp³-hybridized carbons (Fsp3) is 0.857. The lowest BCUT2D eigenvalue weighted by Crippen LogP contribution is -2.31. The maximum Gasteiger partial charge on any atom is 0.336 e. The van der Waals surface area contributed by atoms with Crippen LogP contribution < -0.4 is 5.73 Å². The van der Waals surface area contributed by atoms with Crippen LogP contribution >= 0.6 is 0 Å². The van der Waals surface area contributed by atoms with Gasteiger partial charge in [0.2, 0.25) is 0 Å². The van der Waals surface area contributed by atoms with Crippen molar-refractivity contribution < 1.29 is 14.6 Å². The van der Waals surface area contributed by atoms with E-state index in [1.807, 2.05) is 6.92 Å². The lowest BCUT2D eigenvalue weighted by molar-refractivity contribution is -0.153. The van der Waals surface area contributed by atoms with E-state index in [-0.39, 0.29) is 6.54 Å². The molecule has 0 aromatic heterocycles. The number of carbonyl (C=O) groups is 1. The third-order valence-corrected chi connectivity index (χ3v) is 1.24. The van der Waals surface area contributed by atoms with Gasteiger partial charge in [-0.15, -0.1) is 0 Å². The quantitative estimate of drug-likeness (QED) is 0.427. The number of aliphatic hydroxyl groups excluding tert-OH is 1. The van der Waals surface area contributed by atoms with Gasteiger partial charge in [-0.3, -0.25) is 0 Å². The predicted octanol–water partition coefficient (Wildman–Crippen LogP) is -0.351. The van der Waals surface area contributed by atoms with Crippen LogP contribution in [-0.2, 0) is 9.53 Å². The normalized spacial score (nSPS) is 12.6. The van der Waals surface area contributed by atoms with Crippen molar-refractivity contribution in [1.82, 2.24) is 0 Å². The summed E-state index contributed by atoms with van der Waals surface area (Å²) in [5, 5.41) is 8.83. The molecule has 0 aromatic carbocycles. The van der Waals surface area contributed by atoms with E-state index in [0.29, 0.717) is 6.61 Å². The molecule has 0 rings (SSSR count). The van der Waals surface area contributed by atoms with Gasteiger partial charge in [0, 0.05) is 6.54 Å². The second-order valence-corrected chi connectivity index (χ2v) is 2.27. The standard InChI is InChI=1S/C7H15NO3/c1-2-3-4-11-7(10)6(9)5-8/h6,9H,2-5,8H2,1H3. The Morgan fingerprint density at radius 1 is 1.73 bits per heavy atom. The topological polar surface area (TPSA) is 72.5 Å². The van der Waals surface area contributed by atoms with Gasteiger partial charge in [-0.2, -0.15) is 0 Å². The third kappa shape index (κ3) is 4.75. The zero-order chi connectivity index (χ0) is 8.69. The van der Waals surface area contributed by atoms with Gasteiger partial charge >= 0.3 is 5.97 Å². The van der Waals surface area contributed by atoms with E-state index in [4.69, 9.17) is 10.8 Å². The highest BCUT2D eigenvalue weighted by atomic mass is 16.5. The SMILES string of the molecule is CCCCOC(=O)C(O)CN. The minimum absolute atomic E-state index is 0.0784. The average Bonchev–Trinajstić information content (AvgIpc) is 2.03. The van der Waals surface area contributed by atoms with Crippen LogP contribution in [0.2, 0.25) is 0 Å². The van der Waals surface area contributed by atoms with E-state index in [2.05, 4.69) is 4.74 Å². The summed E-state index contributed by atoms with van der Waals surface area (Å²) in [5.41, 5.74) is 5.03. The number of aliphatic hydroxyl groups is 1. The third-order valence-electron chi connectivity index (χ3n) is 1.24. The van der Waals surface area contributed by atoms with Gasteiger partial charge in [0.1, 0.15) is 0 Å². The molecule has 0 heterocycles. The minimum atomic E-state index is -1.16. The monoisotopic (exact) mass is 161 g/mol. The molecule has 0 spiro atoms. The predicted molar refractivity (Wildman–Crippen MR) is 40.9 cm³/mol. The first-order valence-electron chi connectivity index (χ1n) is 3.77. The Bertz CT molecular complexity index is 116. The van der Waals surface area contributed by atoms with Gasteiger partial charge in [-0.1, -0.05) is 13.3 Å². The maximum absolute atomic E-state index is 10.7. The molecule has 1 unspecified atom stereocenters. The molecule has 0 radical (unpaired) electrons. The van der Waals surface area contributed by atoms with E-state index in [0.717, 1.165) is 12.8 Å². The summed E-state index contributed by atoms with van der Waals surface area (Å²) in [6.45, 7) is 2.28. The van der Waals surface area contributed by atoms with Crippen molar-refractivity contribution in [3.05, 3.63) is 0 Å². The number of unbranched alkanes of at least 4 members (excludes halogenated alkanes) is 1. The number of rotatable bonds is 5. The second-order valence-electron chi connectivity index (χ2n) is 2.27. The largest absolute Gasteiger partial charge is 0.464 e. The molecule has 0 bridgehead atoms. The Morgan fingerprint density at radius 3 is 2.82 bits per heavy atom. The minimum Gasteiger partial charge on any atom is -0.464 e. The molecule has 3 N–H and O–H groups in total. The summed E-state index contributed by atoms with van der Waals surface area (Å²) in [6.07, 6.45) is 0.626. The number of ether oxygens (including phenoxy) is 1. The Hall–Kier alpha value is -0.610. The molecule has 4 nitrogen and oxygen atoms in total. The first kappa shape index (κ1) is 10.4. The van der Waals surface area contributed by atoms with E-state index in [1.54, 1.807) is 0 Å². The van der Waals surface area contributed by atoms with Crippen LogP contribution in [0, 0.1) is 0 Å². The van der Waals surface area contributed by atoms with Crippen molar-refractivity contribution in [3.63, 3.8) is 0 Å². The highest BCUT2D eigenvalue weighted by molar-refractivity contribution is 5.74. The van der Waals surface area contributed by atoms with E-state index >= 15 is 0 Å². The fourth-order valence-electron chi connectivity index (χ4n) is 0.510. The first-order valence-corrected chi connectivity index (χ1v) is 3.77. The molecule has 0 aromatic rings. The summed E-state index contributed by atoms with van der Waals surface area (Å²) in [4.78, 5) is 10.7. The van der Waals surface area contributed by atoms with Crippen molar-refractivity contribution in [2.24, 2.45) is 5.73 Å². The summed E-state index contributed by atoms with van der Waals surface area (Å²) >= 11 is 0. The zero-order valence-electron chi connectivity index (χ0n) is 6.75. The van der Waals surface area contributed by atoms with Crippen molar-refractivity contribution >= 4 is 5.97 Å². The van der Waals surface area contributed by atoms with Crippen LogP contribution in [-0.4, -0.2) is 30.3 Å². The summed E-state index contributed by atoms with van der Waals surface area (Å²) in [6, 6.07) is 0. The molecule has 0 aliphatic heterocycles. The van der Waals surface area contributed by atoms with Gasteiger partial charge in [0.15, 0.2) is 6.10 Å². The molecule has 0 aliphatic carbocycles. The zero-order valence-corrected chi connectivity index (χ0v) is 6.75. The second kappa shape index (κ2) is 6.12. The van der Waals surface area contributed by atoms with Crippen molar-refractivity contribution in [2.45, 2.75) is 25.9 Å². The average molecular weight is 161 g/mol. The Morgan fingerprint density at radius 2 is 2.36 bits per heavy atom. The van der Waals surface area contributed by atoms with Crippen LogP contribution in [0.25, 0.3) is 0 Å². The van der Waals surface area contributed by atoms with Crippen molar-refractivity contribution in [3.8, 4) is 0 Å². The van der Waals surface area contributed by atoms with Gasteiger partial charge in [-0.05, 0) is 6.42 Å². The molecule has 0 fully saturated rings. The van der Waals surface area contributed by atoms with Crippen molar-refractivity contribution in [2.75, 3.05) is 13.2 Å². The number of nitrogens with two attached hydrogens (primary N) is 1. The molecule has 0 amide bonds. The highest BCUT2D eigenvalue weighted by Gasteiger charge is 2.13.